The number of nitrogens with one attached hydrogen (secondary N) is 1. The van der Waals surface area contributed by atoms with Crippen LogP contribution < -0.4 is 5.32 Å². The van der Waals surface area contributed by atoms with E-state index in [0.29, 0.717) is 0 Å². The molecule has 0 atom stereocenters. The Hall–Kier alpha value is -0.700. The largest absolute Gasteiger partial charge is 0.370 e. The summed E-state index contributed by atoms with van der Waals surface area (Å²) in [6, 6.07) is 6.22. The molecule has 3 heteroatoms. The third-order valence-electron chi connectivity index (χ3n) is 2.06. The van der Waals surface area contributed by atoms with E-state index in [1.807, 2.05) is 17.8 Å². The summed E-state index contributed by atoms with van der Waals surface area (Å²) < 4.78 is 0. The SMILES string of the molecule is CCCNc1cccc(CSCC(C)C)n1. The summed E-state index contributed by atoms with van der Waals surface area (Å²) in [5.74, 6) is 3.98. The molecule has 1 heterocycles. The lowest BCUT2D eigenvalue weighted by Crippen LogP contribution is -2.03. The molecule has 0 aliphatic rings. The zero-order chi connectivity index (χ0) is 11.8. The lowest BCUT2D eigenvalue weighted by molar-refractivity contribution is 0.750. The minimum absolute atomic E-state index is 0.756. The smallest absolute Gasteiger partial charge is 0.126 e. The van der Waals surface area contributed by atoms with Crippen LogP contribution in [0.5, 0.6) is 0 Å². The average molecular weight is 238 g/mol. The van der Waals surface area contributed by atoms with Crippen LogP contribution in [0.1, 0.15) is 32.9 Å². The Morgan fingerprint density at radius 1 is 1.38 bits per heavy atom. The third kappa shape index (κ3) is 5.40. The highest BCUT2D eigenvalue weighted by molar-refractivity contribution is 7.98. The molecule has 1 aromatic heterocycles. The van der Waals surface area contributed by atoms with Gasteiger partial charge >= 0.3 is 0 Å². The van der Waals surface area contributed by atoms with Gasteiger partial charge in [-0.3, -0.25) is 0 Å². The molecule has 1 aromatic rings. The molecule has 0 bridgehead atoms. The quantitative estimate of drug-likeness (QED) is 0.782. The van der Waals surface area contributed by atoms with Gasteiger partial charge in [0.2, 0.25) is 0 Å². The summed E-state index contributed by atoms with van der Waals surface area (Å²) in [4.78, 5) is 4.58. The summed E-state index contributed by atoms with van der Waals surface area (Å²) in [7, 11) is 0. The lowest BCUT2D eigenvalue weighted by atomic mass is 10.3. The van der Waals surface area contributed by atoms with Gasteiger partial charge in [0.25, 0.3) is 0 Å². The van der Waals surface area contributed by atoms with Crippen LogP contribution in [0.15, 0.2) is 18.2 Å². The topological polar surface area (TPSA) is 24.9 Å². The van der Waals surface area contributed by atoms with Crippen molar-refractivity contribution in [1.82, 2.24) is 4.98 Å². The van der Waals surface area contributed by atoms with Crippen molar-refractivity contribution in [3.8, 4) is 0 Å². The summed E-state index contributed by atoms with van der Waals surface area (Å²) in [5.41, 5.74) is 1.17. The van der Waals surface area contributed by atoms with Crippen LogP contribution in [0, 0.1) is 5.92 Å². The maximum absolute atomic E-state index is 4.58. The fourth-order valence-corrected chi connectivity index (χ4v) is 2.27. The van der Waals surface area contributed by atoms with Crippen molar-refractivity contribution in [2.45, 2.75) is 32.9 Å². The van der Waals surface area contributed by atoms with Gasteiger partial charge in [-0.1, -0.05) is 26.8 Å². The molecule has 0 saturated heterocycles. The number of anilines is 1. The molecule has 90 valence electrons. The third-order valence-corrected chi connectivity index (χ3v) is 3.47. The maximum Gasteiger partial charge on any atom is 0.126 e. The lowest BCUT2D eigenvalue weighted by Gasteiger charge is -2.07. The van der Waals surface area contributed by atoms with Crippen molar-refractivity contribution in [1.29, 1.82) is 0 Å². The predicted octanol–water partition coefficient (Wildman–Crippen LogP) is 3.79. The minimum atomic E-state index is 0.756. The van der Waals surface area contributed by atoms with Crippen LogP contribution in [0.3, 0.4) is 0 Å². The standard InChI is InChI=1S/C13H22N2S/c1-4-8-14-13-7-5-6-12(15-13)10-16-9-11(2)3/h5-7,11H,4,8-10H2,1-3H3,(H,14,15). The molecule has 0 fully saturated rings. The first-order valence-electron chi connectivity index (χ1n) is 6.00. The van der Waals surface area contributed by atoms with Gasteiger partial charge in [-0.2, -0.15) is 11.8 Å². The van der Waals surface area contributed by atoms with Crippen molar-refractivity contribution in [3.05, 3.63) is 23.9 Å². The fourth-order valence-electron chi connectivity index (χ4n) is 1.31. The zero-order valence-electron chi connectivity index (χ0n) is 10.5. The molecule has 1 N–H and O–H groups in total. The van der Waals surface area contributed by atoms with E-state index in [0.717, 1.165) is 30.5 Å². The molecule has 0 aliphatic heterocycles. The summed E-state index contributed by atoms with van der Waals surface area (Å²) >= 11 is 1.96. The van der Waals surface area contributed by atoms with Gasteiger partial charge in [-0.05, 0) is 30.2 Å². The Morgan fingerprint density at radius 3 is 2.88 bits per heavy atom. The van der Waals surface area contributed by atoms with Gasteiger partial charge < -0.3 is 5.32 Å². The summed E-state index contributed by atoms with van der Waals surface area (Å²) in [6.45, 7) is 7.66. The molecule has 2 nitrogen and oxygen atoms in total. The van der Waals surface area contributed by atoms with Crippen molar-refractivity contribution >= 4 is 17.6 Å². The number of hydrogen-bond donors (Lipinski definition) is 1. The Bertz CT molecular complexity index is 300. The Morgan fingerprint density at radius 2 is 2.19 bits per heavy atom. The van der Waals surface area contributed by atoms with Crippen LogP contribution in [-0.2, 0) is 5.75 Å². The minimum Gasteiger partial charge on any atom is -0.370 e. The molecular formula is C13H22N2S. The van der Waals surface area contributed by atoms with Gasteiger partial charge in [0.15, 0.2) is 0 Å². The van der Waals surface area contributed by atoms with Crippen LogP contribution in [0.4, 0.5) is 5.82 Å². The first-order chi connectivity index (χ1) is 7.72. The van der Waals surface area contributed by atoms with Gasteiger partial charge in [-0.15, -0.1) is 0 Å². The predicted molar refractivity (Wildman–Crippen MR) is 74.0 cm³/mol. The number of hydrogen-bond acceptors (Lipinski definition) is 3. The van der Waals surface area contributed by atoms with Crippen LogP contribution in [0.25, 0.3) is 0 Å². The van der Waals surface area contributed by atoms with Crippen molar-refractivity contribution in [2.24, 2.45) is 5.92 Å². The molecule has 0 amide bonds. The van der Waals surface area contributed by atoms with Crippen molar-refractivity contribution < 1.29 is 0 Å². The highest BCUT2D eigenvalue weighted by Crippen LogP contribution is 2.15. The van der Waals surface area contributed by atoms with E-state index in [9.17, 15) is 0 Å². The van der Waals surface area contributed by atoms with Gasteiger partial charge in [-0.25, -0.2) is 4.98 Å². The molecule has 0 radical (unpaired) electrons. The molecule has 0 aliphatic carbocycles. The number of aromatic nitrogens is 1. The monoisotopic (exact) mass is 238 g/mol. The second-order valence-corrected chi connectivity index (χ2v) is 5.38. The van der Waals surface area contributed by atoms with E-state index in [2.05, 4.69) is 43.2 Å². The summed E-state index contributed by atoms with van der Waals surface area (Å²) in [6.07, 6.45) is 1.13. The van der Waals surface area contributed by atoms with E-state index >= 15 is 0 Å². The number of rotatable bonds is 7. The van der Waals surface area contributed by atoms with E-state index in [-0.39, 0.29) is 0 Å². The van der Waals surface area contributed by atoms with E-state index in [1.165, 1.54) is 11.4 Å². The van der Waals surface area contributed by atoms with Crippen LogP contribution in [0.2, 0.25) is 0 Å². The number of thioether (sulfide) groups is 1. The molecule has 0 saturated carbocycles. The molecule has 0 unspecified atom stereocenters. The normalized spacial score (nSPS) is 10.8. The second kappa shape index (κ2) is 7.55. The molecule has 0 spiro atoms. The van der Waals surface area contributed by atoms with E-state index in [1.54, 1.807) is 0 Å². The van der Waals surface area contributed by atoms with Crippen LogP contribution in [-0.4, -0.2) is 17.3 Å². The Balaban J connectivity index is 2.40. The maximum atomic E-state index is 4.58. The van der Waals surface area contributed by atoms with Crippen molar-refractivity contribution in [2.75, 3.05) is 17.6 Å². The highest BCUT2D eigenvalue weighted by atomic mass is 32.2. The fraction of sp³-hybridized carbons (Fsp3) is 0.615. The second-order valence-electron chi connectivity index (χ2n) is 4.35. The Kier molecular flexibility index (Phi) is 6.31. The van der Waals surface area contributed by atoms with E-state index in [4.69, 9.17) is 0 Å². The molecule has 1 rings (SSSR count). The first-order valence-corrected chi connectivity index (χ1v) is 7.15. The molecule has 16 heavy (non-hydrogen) atoms. The zero-order valence-corrected chi connectivity index (χ0v) is 11.3. The van der Waals surface area contributed by atoms with E-state index < -0.39 is 0 Å². The van der Waals surface area contributed by atoms with Gasteiger partial charge in [0.05, 0.1) is 5.69 Å². The number of pyridine rings is 1. The average Bonchev–Trinajstić information content (AvgIpc) is 2.26. The number of nitrogens with zero attached hydrogens (tertiary/aromatic N) is 1. The molecular weight excluding hydrogens is 216 g/mol. The van der Waals surface area contributed by atoms with Crippen molar-refractivity contribution in [3.63, 3.8) is 0 Å². The van der Waals surface area contributed by atoms with Crippen LogP contribution >= 0.6 is 11.8 Å². The molecule has 0 aromatic carbocycles. The van der Waals surface area contributed by atoms with Gasteiger partial charge in [0, 0.05) is 12.3 Å². The Labute approximate surface area is 103 Å². The highest BCUT2D eigenvalue weighted by Gasteiger charge is 1.99. The first kappa shape index (κ1) is 13.4. The summed E-state index contributed by atoms with van der Waals surface area (Å²) in [5, 5.41) is 3.31. The van der Waals surface area contributed by atoms with Gasteiger partial charge in [0.1, 0.15) is 5.82 Å².